The number of furan rings is 1. The fourth-order valence-corrected chi connectivity index (χ4v) is 4.60. The number of nitrogens with zero attached hydrogens (tertiary/aromatic N) is 2. The van der Waals surface area contributed by atoms with Gasteiger partial charge in [0, 0.05) is 27.9 Å². The molecule has 0 spiro atoms. The van der Waals surface area contributed by atoms with Crippen LogP contribution in [0.15, 0.2) is 93.5 Å². The van der Waals surface area contributed by atoms with Crippen LogP contribution in [0.1, 0.15) is 32.0 Å². The number of carbonyl (C=O) groups excluding carboxylic acids is 2. The summed E-state index contributed by atoms with van der Waals surface area (Å²) in [7, 11) is 0. The van der Waals surface area contributed by atoms with E-state index in [-0.39, 0.29) is 17.6 Å². The Bertz CT molecular complexity index is 1310. The number of hydrogen-bond acceptors (Lipinski definition) is 5. The normalized spacial score (nSPS) is 12.5. The molecule has 7 heteroatoms. The van der Waals surface area contributed by atoms with Crippen molar-refractivity contribution in [2.45, 2.75) is 23.4 Å². The Hall–Kier alpha value is -3.84. The van der Waals surface area contributed by atoms with Crippen LogP contribution in [0.5, 0.6) is 0 Å². The van der Waals surface area contributed by atoms with Gasteiger partial charge in [-0.05, 0) is 61.0 Å². The summed E-state index contributed by atoms with van der Waals surface area (Å²) in [6.07, 6.45) is 3.22. The van der Waals surface area contributed by atoms with Gasteiger partial charge in [0.15, 0.2) is 5.76 Å². The monoisotopic (exact) mass is 441 g/mol. The lowest BCUT2D eigenvalue weighted by Crippen LogP contribution is -2.30. The second-order valence-corrected chi connectivity index (χ2v) is 8.42. The number of aryl methyl sites for hydroxylation is 1. The lowest BCUT2D eigenvalue weighted by atomic mass is 10.1. The van der Waals surface area contributed by atoms with Crippen LogP contribution in [-0.2, 0) is 6.54 Å². The minimum Gasteiger partial charge on any atom is -0.459 e. The van der Waals surface area contributed by atoms with E-state index in [0.717, 1.165) is 26.7 Å². The van der Waals surface area contributed by atoms with Gasteiger partial charge in [-0.1, -0.05) is 30.0 Å². The van der Waals surface area contributed by atoms with E-state index in [2.05, 4.69) is 10.3 Å². The van der Waals surface area contributed by atoms with E-state index < -0.39 is 0 Å². The van der Waals surface area contributed by atoms with Crippen molar-refractivity contribution in [2.24, 2.45) is 0 Å². The summed E-state index contributed by atoms with van der Waals surface area (Å²) in [5.74, 6) is -0.181. The molecule has 0 unspecified atom stereocenters. The molecule has 0 saturated carbocycles. The minimum atomic E-state index is -0.326. The molecule has 2 aromatic heterocycles. The first kappa shape index (κ1) is 20.1. The van der Waals surface area contributed by atoms with Crippen LogP contribution in [0.4, 0.5) is 11.4 Å². The van der Waals surface area contributed by atoms with E-state index in [1.807, 2.05) is 43.3 Å². The van der Waals surface area contributed by atoms with Gasteiger partial charge in [0.25, 0.3) is 11.8 Å². The van der Waals surface area contributed by atoms with Crippen molar-refractivity contribution in [2.75, 3.05) is 10.2 Å². The maximum absolute atomic E-state index is 13.5. The van der Waals surface area contributed by atoms with Gasteiger partial charge < -0.3 is 14.6 Å². The van der Waals surface area contributed by atoms with Crippen molar-refractivity contribution in [3.63, 3.8) is 0 Å². The smallest absolute Gasteiger partial charge is 0.291 e. The fourth-order valence-electron chi connectivity index (χ4n) is 3.59. The molecule has 2 aromatic carbocycles. The maximum atomic E-state index is 13.5. The predicted octanol–water partition coefficient (Wildman–Crippen LogP) is 5.55. The summed E-state index contributed by atoms with van der Waals surface area (Å²) < 4.78 is 5.23. The molecule has 0 aliphatic carbocycles. The van der Waals surface area contributed by atoms with Gasteiger partial charge in [0.2, 0.25) is 0 Å². The molecule has 0 radical (unpaired) electrons. The predicted molar refractivity (Wildman–Crippen MR) is 123 cm³/mol. The number of benzene rings is 2. The van der Waals surface area contributed by atoms with Crippen LogP contribution in [0.25, 0.3) is 0 Å². The molecular weight excluding hydrogens is 422 g/mol. The molecule has 1 aliphatic heterocycles. The van der Waals surface area contributed by atoms with Crippen LogP contribution < -0.4 is 10.2 Å². The Morgan fingerprint density at radius 1 is 1.03 bits per heavy atom. The maximum Gasteiger partial charge on any atom is 0.291 e. The first-order valence-electron chi connectivity index (χ1n) is 10.1. The number of pyridine rings is 1. The zero-order valence-corrected chi connectivity index (χ0v) is 18.1. The number of amides is 2. The quantitative estimate of drug-likeness (QED) is 0.451. The van der Waals surface area contributed by atoms with Gasteiger partial charge in [-0.25, -0.2) is 4.98 Å². The highest BCUT2D eigenvalue weighted by Crippen LogP contribution is 2.40. The van der Waals surface area contributed by atoms with Crippen molar-refractivity contribution in [1.29, 1.82) is 0 Å². The van der Waals surface area contributed by atoms with Crippen molar-refractivity contribution < 1.29 is 14.0 Å². The molecule has 6 nitrogen and oxygen atoms in total. The number of hydrogen-bond donors (Lipinski definition) is 1. The molecule has 4 aromatic rings. The Morgan fingerprint density at radius 2 is 1.84 bits per heavy atom. The summed E-state index contributed by atoms with van der Waals surface area (Å²) in [6, 6.07) is 20.4. The van der Waals surface area contributed by atoms with Gasteiger partial charge in [-0.15, -0.1) is 0 Å². The third kappa shape index (κ3) is 3.78. The molecule has 5 rings (SSSR count). The average Bonchev–Trinajstić information content (AvgIpc) is 3.17. The molecule has 0 saturated heterocycles. The third-order valence-electron chi connectivity index (χ3n) is 5.25. The summed E-state index contributed by atoms with van der Waals surface area (Å²) in [6.45, 7) is 2.27. The number of rotatable bonds is 3. The van der Waals surface area contributed by atoms with Crippen LogP contribution >= 0.6 is 11.8 Å². The lowest BCUT2D eigenvalue weighted by Gasteiger charge is -2.22. The highest BCUT2D eigenvalue weighted by Gasteiger charge is 2.26. The summed E-state index contributed by atoms with van der Waals surface area (Å²) in [5, 5.41) is 3.59. The zero-order valence-electron chi connectivity index (χ0n) is 17.2. The summed E-state index contributed by atoms with van der Waals surface area (Å²) >= 11 is 1.57. The van der Waals surface area contributed by atoms with Crippen molar-refractivity contribution in [3.05, 3.63) is 102 Å². The highest BCUT2D eigenvalue weighted by atomic mass is 32.2. The fraction of sp³-hybridized carbons (Fsp3) is 0.0800. The second kappa shape index (κ2) is 8.36. The molecule has 1 aliphatic rings. The van der Waals surface area contributed by atoms with E-state index in [4.69, 9.17) is 4.42 Å². The molecule has 158 valence electrons. The van der Waals surface area contributed by atoms with E-state index in [1.54, 1.807) is 53.2 Å². The molecule has 0 atom stereocenters. The van der Waals surface area contributed by atoms with E-state index in [9.17, 15) is 9.59 Å². The molecule has 0 bridgehead atoms. The Balaban J connectivity index is 1.41. The SMILES string of the molecule is Cc1ccoc1C(=O)Nc1ccc(C(=O)N2Cc3ccccc3Sc3ncccc32)cc1. The number of aromatic nitrogens is 1. The topological polar surface area (TPSA) is 75.4 Å². The molecule has 3 heterocycles. The molecule has 0 fully saturated rings. The van der Waals surface area contributed by atoms with Crippen molar-refractivity contribution in [3.8, 4) is 0 Å². The molecule has 1 N–H and O–H groups in total. The van der Waals surface area contributed by atoms with Crippen molar-refractivity contribution >= 4 is 35.0 Å². The second-order valence-electron chi connectivity index (χ2n) is 7.39. The molecule has 32 heavy (non-hydrogen) atoms. The van der Waals surface area contributed by atoms with Gasteiger partial charge >= 0.3 is 0 Å². The number of nitrogens with one attached hydrogen (secondary N) is 1. The summed E-state index contributed by atoms with van der Waals surface area (Å²) in [5.41, 5.74) is 3.73. The van der Waals surface area contributed by atoms with Gasteiger partial charge in [0.1, 0.15) is 5.03 Å². The van der Waals surface area contributed by atoms with Gasteiger partial charge in [0.05, 0.1) is 18.5 Å². The Morgan fingerprint density at radius 3 is 2.62 bits per heavy atom. The van der Waals surface area contributed by atoms with Crippen molar-refractivity contribution in [1.82, 2.24) is 4.98 Å². The summed E-state index contributed by atoms with van der Waals surface area (Å²) in [4.78, 5) is 33.2. The first-order valence-corrected chi connectivity index (χ1v) is 10.9. The van der Waals surface area contributed by atoms with Crippen LogP contribution in [0, 0.1) is 6.92 Å². The highest BCUT2D eigenvalue weighted by molar-refractivity contribution is 7.99. The Labute approximate surface area is 189 Å². The average molecular weight is 442 g/mol. The van der Waals surface area contributed by atoms with E-state index in [0.29, 0.717) is 17.8 Å². The van der Waals surface area contributed by atoms with Crippen LogP contribution in [-0.4, -0.2) is 16.8 Å². The van der Waals surface area contributed by atoms with Crippen LogP contribution in [0.3, 0.4) is 0 Å². The minimum absolute atomic E-state index is 0.128. The lowest BCUT2D eigenvalue weighted by molar-refractivity contribution is 0.0981. The standard InChI is InChI=1S/C25H19N3O3S/c1-16-12-14-31-22(16)23(29)27-19-10-8-17(9-11-19)25(30)28-15-18-5-2-3-7-21(18)32-24-20(28)6-4-13-26-24/h2-14H,15H2,1H3,(H,27,29). The van der Waals surface area contributed by atoms with Gasteiger partial charge in [-0.2, -0.15) is 0 Å². The third-order valence-corrected chi connectivity index (χ3v) is 6.38. The van der Waals surface area contributed by atoms with E-state index in [1.165, 1.54) is 6.26 Å². The van der Waals surface area contributed by atoms with Crippen LogP contribution in [0.2, 0.25) is 0 Å². The Kier molecular flexibility index (Phi) is 5.25. The first-order chi connectivity index (χ1) is 15.6. The van der Waals surface area contributed by atoms with Gasteiger partial charge in [-0.3, -0.25) is 9.59 Å². The van der Waals surface area contributed by atoms with E-state index >= 15 is 0 Å². The molecular formula is C25H19N3O3S. The largest absolute Gasteiger partial charge is 0.459 e. The number of anilines is 2. The number of carbonyl (C=O) groups is 2. The zero-order chi connectivity index (χ0) is 22.1. The molecule has 2 amide bonds. The number of fused-ring (bicyclic) bond motifs is 2.